The fraction of sp³-hybridized carbons (Fsp3) is 0.211. The number of aromatic amines is 1. The summed E-state index contributed by atoms with van der Waals surface area (Å²) in [5.74, 6) is 1.49. The fourth-order valence-electron chi connectivity index (χ4n) is 2.50. The Morgan fingerprint density at radius 3 is 2.14 bits per heavy atom. The first-order chi connectivity index (χ1) is 10.1. The van der Waals surface area contributed by atoms with E-state index in [4.69, 9.17) is 4.98 Å². The standard InChI is InChI=1S/C19H20N2/c1-13(2)15-9-11-17(12-10-15)19-20-14(3)18(21-19)16-7-5-4-6-8-16/h4-13H,1-3H3,(H,20,21). The summed E-state index contributed by atoms with van der Waals surface area (Å²) in [6, 6.07) is 18.9. The molecule has 1 N–H and O–H groups in total. The Bertz CT molecular complexity index is 722. The van der Waals surface area contributed by atoms with Crippen LogP contribution in [0.3, 0.4) is 0 Å². The van der Waals surface area contributed by atoms with E-state index in [2.05, 4.69) is 62.2 Å². The van der Waals surface area contributed by atoms with Crippen LogP contribution in [0.4, 0.5) is 0 Å². The van der Waals surface area contributed by atoms with Crippen LogP contribution in [0.5, 0.6) is 0 Å². The van der Waals surface area contributed by atoms with Crippen molar-refractivity contribution < 1.29 is 0 Å². The van der Waals surface area contributed by atoms with Gasteiger partial charge in [-0.25, -0.2) is 4.98 Å². The van der Waals surface area contributed by atoms with Crippen molar-refractivity contribution in [2.24, 2.45) is 0 Å². The Labute approximate surface area is 125 Å². The van der Waals surface area contributed by atoms with Crippen LogP contribution in [0, 0.1) is 6.92 Å². The molecule has 3 rings (SSSR count). The zero-order valence-electron chi connectivity index (χ0n) is 12.7. The van der Waals surface area contributed by atoms with E-state index in [1.165, 1.54) is 5.56 Å². The SMILES string of the molecule is Cc1[nH]c(-c2ccc(C(C)C)cc2)nc1-c1ccccc1. The van der Waals surface area contributed by atoms with Gasteiger partial charge in [-0.05, 0) is 18.4 Å². The first-order valence-electron chi connectivity index (χ1n) is 7.37. The number of nitrogens with zero attached hydrogens (tertiary/aromatic N) is 1. The van der Waals surface area contributed by atoms with E-state index in [1.54, 1.807) is 0 Å². The van der Waals surface area contributed by atoms with E-state index in [9.17, 15) is 0 Å². The molecule has 0 saturated heterocycles. The molecule has 2 aromatic carbocycles. The van der Waals surface area contributed by atoms with Gasteiger partial charge in [-0.15, -0.1) is 0 Å². The molecule has 2 nitrogen and oxygen atoms in total. The number of hydrogen-bond acceptors (Lipinski definition) is 1. The third-order valence-corrected chi connectivity index (χ3v) is 3.78. The van der Waals surface area contributed by atoms with Crippen LogP contribution < -0.4 is 0 Å². The summed E-state index contributed by atoms with van der Waals surface area (Å²) in [5, 5.41) is 0. The largest absolute Gasteiger partial charge is 0.342 e. The normalized spacial score (nSPS) is 11.0. The Morgan fingerprint density at radius 2 is 1.52 bits per heavy atom. The zero-order valence-corrected chi connectivity index (χ0v) is 12.7. The van der Waals surface area contributed by atoms with Crippen LogP contribution >= 0.6 is 0 Å². The number of H-pyrrole nitrogens is 1. The number of benzene rings is 2. The zero-order chi connectivity index (χ0) is 14.8. The van der Waals surface area contributed by atoms with E-state index in [0.717, 1.165) is 28.3 Å². The molecule has 1 heterocycles. The first-order valence-corrected chi connectivity index (χ1v) is 7.37. The number of aromatic nitrogens is 2. The smallest absolute Gasteiger partial charge is 0.138 e. The Balaban J connectivity index is 1.97. The van der Waals surface area contributed by atoms with E-state index in [0.29, 0.717) is 5.92 Å². The highest BCUT2D eigenvalue weighted by Crippen LogP contribution is 2.26. The average molecular weight is 276 g/mol. The number of nitrogens with one attached hydrogen (secondary N) is 1. The molecule has 0 saturated carbocycles. The lowest BCUT2D eigenvalue weighted by molar-refractivity contribution is 0.867. The molecule has 21 heavy (non-hydrogen) atoms. The van der Waals surface area contributed by atoms with Crippen molar-refractivity contribution in [1.29, 1.82) is 0 Å². The predicted molar refractivity (Wildman–Crippen MR) is 88.3 cm³/mol. The molecule has 0 radical (unpaired) electrons. The van der Waals surface area contributed by atoms with Gasteiger partial charge < -0.3 is 4.98 Å². The van der Waals surface area contributed by atoms with Gasteiger partial charge in [-0.3, -0.25) is 0 Å². The third-order valence-electron chi connectivity index (χ3n) is 3.78. The number of aryl methyl sites for hydroxylation is 1. The van der Waals surface area contributed by atoms with E-state index >= 15 is 0 Å². The molecule has 0 aliphatic carbocycles. The second-order valence-corrected chi connectivity index (χ2v) is 5.70. The maximum Gasteiger partial charge on any atom is 0.138 e. The summed E-state index contributed by atoms with van der Waals surface area (Å²) in [6.45, 7) is 6.49. The van der Waals surface area contributed by atoms with Crippen molar-refractivity contribution in [2.45, 2.75) is 26.7 Å². The van der Waals surface area contributed by atoms with Crippen LogP contribution in [-0.2, 0) is 0 Å². The number of imidazole rings is 1. The monoisotopic (exact) mass is 276 g/mol. The Morgan fingerprint density at radius 1 is 0.857 bits per heavy atom. The minimum absolute atomic E-state index is 0.553. The number of hydrogen-bond donors (Lipinski definition) is 1. The topological polar surface area (TPSA) is 28.7 Å². The van der Waals surface area contributed by atoms with Gasteiger partial charge in [0.05, 0.1) is 5.69 Å². The number of rotatable bonds is 3. The first kappa shape index (κ1) is 13.6. The van der Waals surface area contributed by atoms with Gasteiger partial charge in [0.25, 0.3) is 0 Å². The molecule has 3 aromatic rings. The highest BCUT2D eigenvalue weighted by atomic mass is 14.9. The summed E-state index contributed by atoms with van der Waals surface area (Å²) >= 11 is 0. The summed E-state index contributed by atoms with van der Waals surface area (Å²) < 4.78 is 0. The maximum absolute atomic E-state index is 4.77. The van der Waals surface area contributed by atoms with Gasteiger partial charge in [-0.1, -0.05) is 68.4 Å². The molecule has 0 aliphatic heterocycles. The van der Waals surface area contributed by atoms with Gasteiger partial charge in [0.15, 0.2) is 0 Å². The van der Waals surface area contributed by atoms with E-state index in [1.807, 2.05) is 18.2 Å². The molecule has 2 heteroatoms. The summed E-state index contributed by atoms with van der Waals surface area (Å²) in [6.07, 6.45) is 0. The average Bonchev–Trinajstić information content (AvgIpc) is 2.90. The predicted octanol–water partition coefficient (Wildman–Crippen LogP) is 5.18. The molecule has 0 bridgehead atoms. The Hall–Kier alpha value is -2.35. The highest BCUT2D eigenvalue weighted by Gasteiger charge is 2.10. The van der Waals surface area contributed by atoms with Crippen LogP contribution in [0.15, 0.2) is 54.6 Å². The van der Waals surface area contributed by atoms with Crippen LogP contribution in [0.25, 0.3) is 22.6 Å². The van der Waals surface area contributed by atoms with E-state index < -0.39 is 0 Å². The molecule has 0 unspecified atom stereocenters. The van der Waals surface area contributed by atoms with Crippen LogP contribution in [-0.4, -0.2) is 9.97 Å². The van der Waals surface area contributed by atoms with Crippen molar-refractivity contribution in [3.63, 3.8) is 0 Å². The maximum atomic E-state index is 4.77. The molecule has 0 amide bonds. The molecule has 0 atom stereocenters. The van der Waals surface area contributed by atoms with Gasteiger partial charge in [0.2, 0.25) is 0 Å². The summed E-state index contributed by atoms with van der Waals surface area (Å²) in [5.41, 5.74) is 5.76. The molecule has 0 spiro atoms. The third kappa shape index (κ3) is 2.75. The van der Waals surface area contributed by atoms with Crippen molar-refractivity contribution >= 4 is 0 Å². The summed E-state index contributed by atoms with van der Waals surface area (Å²) in [7, 11) is 0. The fourth-order valence-corrected chi connectivity index (χ4v) is 2.50. The molecular weight excluding hydrogens is 256 g/mol. The van der Waals surface area contributed by atoms with Crippen molar-refractivity contribution in [3.05, 3.63) is 65.9 Å². The second-order valence-electron chi connectivity index (χ2n) is 5.70. The molecule has 0 fully saturated rings. The Kier molecular flexibility index (Phi) is 3.61. The van der Waals surface area contributed by atoms with Gasteiger partial charge in [0.1, 0.15) is 5.82 Å². The lowest BCUT2D eigenvalue weighted by atomic mass is 10.0. The molecule has 106 valence electrons. The van der Waals surface area contributed by atoms with Crippen LogP contribution in [0.2, 0.25) is 0 Å². The highest BCUT2D eigenvalue weighted by molar-refractivity contribution is 5.67. The second kappa shape index (κ2) is 5.57. The van der Waals surface area contributed by atoms with Crippen LogP contribution in [0.1, 0.15) is 31.0 Å². The minimum Gasteiger partial charge on any atom is -0.342 e. The quantitative estimate of drug-likeness (QED) is 0.702. The van der Waals surface area contributed by atoms with E-state index in [-0.39, 0.29) is 0 Å². The summed E-state index contributed by atoms with van der Waals surface area (Å²) in [4.78, 5) is 8.17. The molecular formula is C19H20N2. The lowest BCUT2D eigenvalue weighted by Gasteiger charge is -2.05. The van der Waals surface area contributed by atoms with Gasteiger partial charge in [-0.2, -0.15) is 0 Å². The molecule has 0 aliphatic rings. The van der Waals surface area contributed by atoms with Crippen molar-refractivity contribution in [2.75, 3.05) is 0 Å². The minimum atomic E-state index is 0.553. The van der Waals surface area contributed by atoms with Crippen molar-refractivity contribution in [1.82, 2.24) is 9.97 Å². The lowest BCUT2D eigenvalue weighted by Crippen LogP contribution is -1.87. The van der Waals surface area contributed by atoms with Gasteiger partial charge in [0, 0.05) is 16.8 Å². The van der Waals surface area contributed by atoms with Crippen molar-refractivity contribution in [3.8, 4) is 22.6 Å². The van der Waals surface area contributed by atoms with Gasteiger partial charge >= 0.3 is 0 Å². The molecule has 1 aromatic heterocycles.